The van der Waals surface area contributed by atoms with E-state index >= 15 is 0 Å². The molecule has 2 N–H and O–H groups in total. The van der Waals surface area contributed by atoms with Gasteiger partial charge in [-0.05, 0) is 67.1 Å². The molecule has 46 heavy (non-hydrogen) atoms. The average Bonchev–Trinajstić information content (AvgIpc) is 3.74. The van der Waals surface area contributed by atoms with Crippen molar-refractivity contribution in [2.24, 2.45) is 0 Å². The monoisotopic (exact) mass is 664 g/mol. The van der Waals surface area contributed by atoms with Crippen molar-refractivity contribution in [2.45, 2.75) is 31.8 Å². The topological polar surface area (TPSA) is 93.1 Å². The van der Waals surface area contributed by atoms with Crippen LogP contribution >= 0.6 is 23.2 Å². The van der Waals surface area contributed by atoms with Crippen molar-refractivity contribution in [2.75, 3.05) is 61.1 Å². The zero-order valence-electron chi connectivity index (χ0n) is 25.7. The lowest BCUT2D eigenvalue weighted by molar-refractivity contribution is -0.189. The maximum atomic E-state index is 11.9. The molecule has 242 valence electrons. The second kappa shape index (κ2) is 14.6. The molecule has 3 aromatic carbocycles. The zero-order valence-corrected chi connectivity index (χ0v) is 27.2. The quantitative estimate of drug-likeness (QED) is 0.192. The van der Waals surface area contributed by atoms with Gasteiger partial charge in [0.15, 0.2) is 0 Å². The van der Waals surface area contributed by atoms with Gasteiger partial charge in [-0.1, -0.05) is 36.2 Å². The normalized spacial score (nSPS) is 19.7. The number of piperazine rings is 1. The molecule has 2 amide bonds. The van der Waals surface area contributed by atoms with Crippen molar-refractivity contribution in [3.05, 3.63) is 101 Å². The van der Waals surface area contributed by atoms with Crippen LogP contribution in [-0.4, -0.2) is 67.6 Å². The zero-order chi connectivity index (χ0) is 31.9. The predicted octanol–water partition coefficient (Wildman–Crippen LogP) is 6.40. The Morgan fingerprint density at radius 2 is 1.70 bits per heavy atom. The van der Waals surface area contributed by atoms with E-state index in [9.17, 15) is 4.79 Å². The number of hydrogen-bond acceptors (Lipinski definition) is 7. The molecule has 0 aliphatic carbocycles. The molecule has 10 nitrogen and oxygen atoms in total. The molecule has 0 unspecified atom stereocenters. The predicted molar refractivity (Wildman–Crippen MR) is 181 cm³/mol. The minimum Gasteiger partial charge on any atom is -0.491 e. The molecule has 2 atom stereocenters. The van der Waals surface area contributed by atoms with Crippen molar-refractivity contribution in [3.8, 4) is 5.75 Å². The Bertz CT molecular complexity index is 1580. The van der Waals surface area contributed by atoms with E-state index in [2.05, 4.69) is 49.7 Å². The average molecular weight is 666 g/mol. The van der Waals surface area contributed by atoms with E-state index in [1.807, 2.05) is 48.0 Å². The fraction of sp³-hybridized carbons (Fsp3) is 0.353. The first-order chi connectivity index (χ1) is 22.4. The second-order valence-electron chi connectivity index (χ2n) is 11.4. The summed E-state index contributed by atoms with van der Waals surface area (Å²) >= 11 is 12.7. The summed E-state index contributed by atoms with van der Waals surface area (Å²) in [6.07, 6.45) is 5.89. The summed E-state index contributed by atoms with van der Waals surface area (Å²) < 4.78 is 20.8. The maximum absolute atomic E-state index is 11.9. The molecule has 12 heteroatoms. The molecule has 4 aromatic rings. The molecule has 6 rings (SSSR count). The van der Waals surface area contributed by atoms with Gasteiger partial charge in [0, 0.05) is 72.8 Å². The number of carbonyl (C=O) groups is 1. The highest BCUT2D eigenvalue weighted by atomic mass is 35.5. The summed E-state index contributed by atoms with van der Waals surface area (Å²) in [4.78, 5) is 20.8. The number of imidazole rings is 1. The third kappa shape index (κ3) is 7.70. The lowest BCUT2D eigenvalue weighted by Crippen LogP contribution is -2.46. The number of nitrogens with one attached hydrogen (secondary N) is 2. The molecule has 0 spiro atoms. The molecular formula is C34H38Cl2N6O4. The van der Waals surface area contributed by atoms with E-state index in [-0.39, 0.29) is 12.1 Å². The number of carbonyl (C=O) groups excluding carboxylic acids is 1. The van der Waals surface area contributed by atoms with Crippen molar-refractivity contribution in [1.29, 1.82) is 0 Å². The third-order valence-corrected chi connectivity index (χ3v) is 8.64. The second-order valence-corrected chi connectivity index (χ2v) is 12.2. The summed E-state index contributed by atoms with van der Waals surface area (Å²) in [5.41, 5.74) is 3.79. The number of urea groups is 1. The van der Waals surface area contributed by atoms with Gasteiger partial charge >= 0.3 is 6.03 Å². The largest absolute Gasteiger partial charge is 0.491 e. The molecule has 0 saturated carbocycles. The van der Waals surface area contributed by atoms with Crippen LogP contribution in [0.3, 0.4) is 0 Å². The van der Waals surface area contributed by atoms with E-state index in [1.165, 1.54) is 0 Å². The standard InChI is InChI=1S/C34H38Cl2N6O4/c1-2-13-38-33(43)39-26-4-6-27(7-5-26)41-16-18-42(19-17-41)28-8-10-29(11-9-28)44-21-30-22-45-34(46-30,23-40-15-14-37-24-40)31-12-3-25(35)20-32(31)36/h3-12,14-15,20,24,30H,2,13,16-19,21-23H2,1H3,(H2,38,39,43)/t30-,34-/m1/s1. The van der Waals surface area contributed by atoms with Crippen LogP contribution in [0.1, 0.15) is 18.9 Å². The number of hydrogen-bond donors (Lipinski definition) is 2. The van der Waals surface area contributed by atoms with Crippen molar-refractivity contribution in [1.82, 2.24) is 14.9 Å². The third-order valence-electron chi connectivity index (χ3n) is 8.09. The van der Waals surface area contributed by atoms with Crippen LogP contribution in [0.15, 0.2) is 85.5 Å². The van der Waals surface area contributed by atoms with Crippen LogP contribution in [0.2, 0.25) is 10.0 Å². The molecule has 1 aromatic heterocycles. The Morgan fingerprint density at radius 3 is 2.33 bits per heavy atom. The number of rotatable bonds is 11. The van der Waals surface area contributed by atoms with Crippen LogP contribution in [-0.2, 0) is 21.8 Å². The Labute approximate surface area is 279 Å². The molecule has 0 bridgehead atoms. The summed E-state index contributed by atoms with van der Waals surface area (Å²) in [5.74, 6) is -0.328. The molecule has 2 fully saturated rings. The Balaban J connectivity index is 0.999. The van der Waals surface area contributed by atoms with Crippen LogP contribution in [0.4, 0.5) is 21.9 Å². The minimum atomic E-state index is -1.09. The first kappa shape index (κ1) is 32.0. The summed E-state index contributed by atoms with van der Waals surface area (Å²) in [7, 11) is 0. The van der Waals surface area contributed by atoms with Gasteiger partial charge < -0.3 is 39.2 Å². The molecule has 0 radical (unpaired) electrons. The minimum absolute atomic E-state index is 0.177. The van der Waals surface area contributed by atoms with Crippen LogP contribution < -0.4 is 25.2 Å². The SMILES string of the molecule is CCCNC(=O)Nc1ccc(N2CCN(c3ccc(OC[C@@H]4CO[C@@](Cn5ccnc5)(c5ccc(Cl)cc5Cl)O4)cc3)CC2)cc1. The highest BCUT2D eigenvalue weighted by molar-refractivity contribution is 6.35. The van der Waals surface area contributed by atoms with Gasteiger partial charge in [-0.25, -0.2) is 9.78 Å². The van der Waals surface area contributed by atoms with Gasteiger partial charge in [0.25, 0.3) is 0 Å². The van der Waals surface area contributed by atoms with E-state index in [0.29, 0.717) is 41.9 Å². The highest BCUT2D eigenvalue weighted by Gasteiger charge is 2.45. The molecule has 3 heterocycles. The summed E-state index contributed by atoms with van der Waals surface area (Å²) in [6, 6.07) is 21.3. The number of halogens is 2. The van der Waals surface area contributed by atoms with Gasteiger partial charge in [0.1, 0.15) is 18.5 Å². The van der Waals surface area contributed by atoms with E-state index in [0.717, 1.165) is 55.4 Å². The summed E-state index contributed by atoms with van der Waals surface area (Å²) in [6.45, 7) is 7.35. The fourth-order valence-corrected chi connectivity index (χ4v) is 6.26. The van der Waals surface area contributed by atoms with E-state index in [1.54, 1.807) is 24.7 Å². The van der Waals surface area contributed by atoms with E-state index < -0.39 is 5.79 Å². The Morgan fingerprint density at radius 1 is 1.00 bits per heavy atom. The number of aromatic nitrogens is 2. The van der Waals surface area contributed by atoms with E-state index in [4.69, 9.17) is 37.4 Å². The molecule has 2 aliphatic heterocycles. The number of ether oxygens (including phenoxy) is 3. The Kier molecular flexibility index (Phi) is 10.2. The smallest absolute Gasteiger partial charge is 0.319 e. The lowest BCUT2D eigenvalue weighted by atomic mass is 10.1. The van der Waals surface area contributed by atoms with Gasteiger partial charge in [-0.3, -0.25) is 0 Å². The Hall–Kier alpha value is -3.96. The van der Waals surface area contributed by atoms with Crippen LogP contribution in [0.25, 0.3) is 0 Å². The number of benzene rings is 3. The van der Waals surface area contributed by atoms with Crippen molar-refractivity contribution >= 4 is 46.3 Å². The molecule has 2 aliphatic rings. The maximum Gasteiger partial charge on any atom is 0.319 e. The van der Waals surface area contributed by atoms with Crippen LogP contribution in [0.5, 0.6) is 5.75 Å². The molecular weight excluding hydrogens is 627 g/mol. The van der Waals surface area contributed by atoms with Gasteiger partial charge in [-0.2, -0.15) is 0 Å². The van der Waals surface area contributed by atoms with Gasteiger partial charge in [0.2, 0.25) is 5.79 Å². The van der Waals surface area contributed by atoms with Gasteiger partial charge in [0.05, 0.1) is 24.5 Å². The first-order valence-corrected chi connectivity index (χ1v) is 16.3. The summed E-state index contributed by atoms with van der Waals surface area (Å²) in [5, 5.41) is 6.72. The van der Waals surface area contributed by atoms with Gasteiger partial charge in [-0.15, -0.1) is 0 Å². The highest BCUT2D eigenvalue weighted by Crippen LogP contribution is 2.40. The molecule has 2 saturated heterocycles. The number of nitrogens with zero attached hydrogens (tertiary/aromatic N) is 4. The number of amides is 2. The lowest BCUT2D eigenvalue weighted by Gasteiger charge is -2.37. The van der Waals surface area contributed by atoms with Crippen molar-refractivity contribution < 1.29 is 19.0 Å². The fourth-order valence-electron chi connectivity index (χ4n) is 5.71. The van der Waals surface area contributed by atoms with Crippen LogP contribution in [0, 0.1) is 0 Å². The number of anilines is 3. The van der Waals surface area contributed by atoms with Crippen molar-refractivity contribution in [3.63, 3.8) is 0 Å². The first-order valence-electron chi connectivity index (χ1n) is 15.5.